The van der Waals surface area contributed by atoms with Gasteiger partial charge in [0, 0.05) is 24.2 Å². The minimum absolute atomic E-state index is 0.104. The SMILES string of the molecule is CC(=O)O.Cc1ccc(-c2cc3c(cc2NC2CCC2)N2C(=NNC(=O)[C@H]2C)CO3)cc1. The monoisotopic (exact) mass is 436 g/mol. The number of hydrogen-bond donors (Lipinski definition) is 3. The van der Waals surface area contributed by atoms with Gasteiger partial charge in [-0.1, -0.05) is 29.8 Å². The van der Waals surface area contributed by atoms with Gasteiger partial charge < -0.3 is 20.1 Å². The third-order valence-corrected chi connectivity index (χ3v) is 5.88. The van der Waals surface area contributed by atoms with Crippen molar-refractivity contribution in [3.63, 3.8) is 0 Å². The maximum Gasteiger partial charge on any atom is 0.300 e. The number of carbonyl (C=O) groups is 2. The number of hydrazone groups is 1. The molecule has 2 aromatic rings. The number of amidine groups is 1. The molecule has 8 nitrogen and oxygen atoms in total. The second-order valence-corrected chi connectivity index (χ2v) is 8.36. The Bertz CT molecular complexity index is 1060. The van der Waals surface area contributed by atoms with Crippen molar-refractivity contribution in [2.75, 3.05) is 16.8 Å². The van der Waals surface area contributed by atoms with E-state index in [9.17, 15) is 4.79 Å². The van der Waals surface area contributed by atoms with E-state index in [0.29, 0.717) is 12.6 Å². The number of amides is 1. The number of carbonyl (C=O) groups excluding carboxylic acids is 1. The Labute approximate surface area is 187 Å². The summed E-state index contributed by atoms with van der Waals surface area (Å²) in [6, 6.07) is 12.9. The summed E-state index contributed by atoms with van der Waals surface area (Å²) in [7, 11) is 0. The Balaban J connectivity index is 0.000000567. The van der Waals surface area contributed by atoms with Crippen molar-refractivity contribution in [1.82, 2.24) is 5.43 Å². The van der Waals surface area contributed by atoms with Gasteiger partial charge in [-0.2, -0.15) is 5.10 Å². The summed E-state index contributed by atoms with van der Waals surface area (Å²) in [5.74, 6) is 0.584. The molecule has 3 N–H and O–H groups in total. The molecule has 0 bridgehead atoms. The molecule has 1 atom stereocenters. The first-order chi connectivity index (χ1) is 15.3. The van der Waals surface area contributed by atoms with Crippen LogP contribution in [0.25, 0.3) is 11.1 Å². The smallest absolute Gasteiger partial charge is 0.300 e. The molecule has 1 fully saturated rings. The van der Waals surface area contributed by atoms with Crippen LogP contribution in [0.2, 0.25) is 0 Å². The lowest BCUT2D eigenvalue weighted by atomic mass is 9.91. The number of carboxylic acids is 1. The standard InChI is InChI=1S/C22H24N4O2.C2H4O2/c1-13-6-8-15(9-7-13)17-10-20-19(11-18(17)23-16-4-3-5-16)26-14(2)22(27)25-24-21(26)12-28-20;1-2(3)4/h6-11,14,16,23H,3-5,12H2,1-2H3,(H,25,27);1H3,(H,3,4)/t14-;/m1./s1. The first-order valence-corrected chi connectivity index (χ1v) is 10.8. The molecule has 2 heterocycles. The van der Waals surface area contributed by atoms with Crippen LogP contribution in [-0.2, 0) is 9.59 Å². The average Bonchev–Trinajstić information content (AvgIpc) is 2.72. The summed E-state index contributed by atoms with van der Waals surface area (Å²) in [6.07, 6.45) is 3.65. The highest BCUT2D eigenvalue weighted by molar-refractivity contribution is 6.10. The first-order valence-electron chi connectivity index (χ1n) is 10.8. The predicted octanol–water partition coefficient (Wildman–Crippen LogP) is 3.75. The van der Waals surface area contributed by atoms with Crippen LogP contribution < -0.4 is 20.4 Å². The van der Waals surface area contributed by atoms with Gasteiger partial charge in [0.25, 0.3) is 11.9 Å². The lowest BCUT2D eigenvalue weighted by Gasteiger charge is -2.39. The quantitative estimate of drug-likeness (QED) is 0.677. The molecule has 32 heavy (non-hydrogen) atoms. The zero-order valence-electron chi connectivity index (χ0n) is 18.5. The highest BCUT2D eigenvalue weighted by Crippen LogP contribution is 2.43. The molecule has 0 aromatic heterocycles. The van der Waals surface area contributed by atoms with Gasteiger partial charge in [-0.15, -0.1) is 0 Å². The fraction of sp³-hybridized carbons (Fsp3) is 0.375. The van der Waals surface area contributed by atoms with E-state index in [1.165, 1.54) is 24.8 Å². The maximum atomic E-state index is 12.2. The number of nitrogens with one attached hydrogen (secondary N) is 2. The Morgan fingerprint density at radius 1 is 1.25 bits per heavy atom. The summed E-state index contributed by atoms with van der Waals surface area (Å²) < 4.78 is 6.01. The van der Waals surface area contributed by atoms with Crippen molar-refractivity contribution in [2.24, 2.45) is 5.10 Å². The van der Waals surface area contributed by atoms with E-state index in [4.69, 9.17) is 14.6 Å². The van der Waals surface area contributed by atoms with Crippen LogP contribution in [0.5, 0.6) is 5.75 Å². The lowest BCUT2D eigenvalue weighted by Crippen LogP contribution is -2.55. The predicted molar refractivity (Wildman–Crippen MR) is 124 cm³/mol. The number of rotatable bonds is 3. The van der Waals surface area contributed by atoms with Gasteiger partial charge in [0.2, 0.25) is 0 Å². The van der Waals surface area contributed by atoms with Crippen molar-refractivity contribution in [3.8, 4) is 16.9 Å². The molecule has 0 saturated heterocycles. The van der Waals surface area contributed by atoms with Gasteiger partial charge in [-0.05, 0) is 50.8 Å². The summed E-state index contributed by atoms with van der Waals surface area (Å²) in [5.41, 5.74) is 8.07. The van der Waals surface area contributed by atoms with E-state index in [2.05, 4.69) is 59.2 Å². The van der Waals surface area contributed by atoms with Gasteiger partial charge in [-0.3, -0.25) is 9.59 Å². The van der Waals surface area contributed by atoms with Crippen molar-refractivity contribution < 1.29 is 19.4 Å². The number of hydrogen-bond acceptors (Lipinski definition) is 6. The van der Waals surface area contributed by atoms with Gasteiger partial charge in [0.15, 0.2) is 5.84 Å². The van der Waals surface area contributed by atoms with Crippen LogP contribution in [0.4, 0.5) is 11.4 Å². The number of anilines is 2. The zero-order chi connectivity index (χ0) is 22.8. The number of aryl methyl sites for hydroxylation is 1. The third-order valence-electron chi connectivity index (χ3n) is 5.88. The number of fused-ring (bicyclic) bond motifs is 3. The van der Waals surface area contributed by atoms with E-state index in [1.807, 2.05) is 11.8 Å². The zero-order valence-corrected chi connectivity index (χ0v) is 18.5. The molecule has 1 amide bonds. The van der Waals surface area contributed by atoms with Gasteiger partial charge in [0.05, 0.1) is 5.69 Å². The molecule has 8 heteroatoms. The Morgan fingerprint density at radius 3 is 2.56 bits per heavy atom. The molecule has 1 saturated carbocycles. The molecule has 3 aliphatic rings. The molecular weight excluding hydrogens is 408 g/mol. The number of carboxylic acid groups (broad SMARTS) is 1. The van der Waals surface area contributed by atoms with Gasteiger partial charge >= 0.3 is 0 Å². The normalized spacial score (nSPS) is 19.1. The largest absolute Gasteiger partial charge is 0.483 e. The molecule has 168 valence electrons. The summed E-state index contributed by atoms with van der Waals surface area (Å²) in [4.78, 5) is 23.2. The molecule has 0 spiro atoms. The Hall–Kier alpha value is -3.55. The van der Waals surface area contributed by atoms with Crippen LogP contribution in [0.15, 0.2) is 41.5 Å². The maximum absolute atomic E-state index is 12.2. The number of ether oxygens (including phenoxy) is 1. The molecule has 0 radical (unpaired) electrons. The van der Waals surface area contributed by atoms with E-state index in [0.717, 1.165) is 41.0 Å². The van der Waals surface area contributed by atoms with Crippen LogP contribution in [0.1, 0.15) is 38.7 Å². The molecule has 2 aromatic carbocycles. The average molecular weight is 437 g/mol. The number of aliphatic carboxylic acids is 1. The van der Waals surface area contributed by atoms with Crippen molar-refractivity contribution in [3.05, 3.63) is 42.0 Å². The third kappa shape index (κ3) is 4.39. The van der Waals surface area contributed by atoms with Crippen LogP contribution in [0.3, 0.4) is 0 Å². The summed E-state index contributed by atoms with van der Waals surface area (Å²) >= 11 is 0. The number of benzene rings is 2. The van der Waals surface area contributed by atoms with Gasteiger partial charge in [0.1, 0.15) is 18.4 Å². The molecule has 1 aliphatic carbocycles. The summed E-state index contributed by atoms with van der Waals surface area (Å²) in [5, 5.41) is 15.3. The first kappa shape index (κ1) is 21.7. The lowest BCUT2D eigenvalue weighted by molar-refractivity contribution is -0.134. The second-order valence-electron chi connectivity index (χ2n) is 8.36. The fourth-order valence-electron chi connectivity index (χ4n) is 3.94. The van der Waals surface area contributed by atoms with E-state index >= 15 is 0 Å². The van der Waals surface area contributed by atoms with Crippen LogP contribution in [0, 0.1) is 6.92 Å². The Morgan fingerprint density at radius 2 is 1.94 bits per heavy atom. The van der Waals surface area contributed by atoms with Gasteiger partial charge in [-0.25, -0.2) is 5.43 Å². The minimum Gasteiger partial charge on any atom is -0.483 e. The van der Waals surface area contributed by atoms with E-state index < -0.39 is 5.97 Å². The topological polar surface area (TPSA) is 103 Å². The van der Waals surface area contributed by atoms with Crippen molar-refractivity contribution in [2.45, 2.75) is 52.1 Å². The van der Waals surface area contributed by atoms with E-state index in [-0.39, 0.29) is 11.9 Å². The highest BCUT2D eigenvalue weighted by atomic mass is 16.5. The number of nitrogens with zero attached hydrogens (tertiary/aromatic N) is 2. The molecule has 0 unspecified atom stereocenters. The minimum atomic E-state index is -0.833. The highest BCUT2D eigenvalue weighted by Gasteiger charge is 2.36. The van der Waals surface area contributed by atoms with Crippen molar-refractivity contribution >= 4 is 29.1 Å². The Kier molecular flexibility index (Phi) is 6.03. The molecule has 2 aliphatic heterocycles. The second kappa shape index (κ2) is 8.90. The molecule has 5 rings (SSSR count). The fourth-order valence-corrected chi connectivity index (χ4v) is 3.94. The van der Waals surface area contributed by atoms with E-state index in [1.54, 1.807) is 0 Å². The van der Waals surface area contributed by atoms with Crippen molar-refractivity contribution in [1.29, 1.82) is 0 Å². The van der Waals surface area contributed by atoms with Crippen LogP contribution in [-0.4, -0.2) is 41.5 Å². The summed E-state index contributed by atoms with van der Waals surface area (Å²) in [6.45, 7) is 5.42. The van der Waals surface area contributed by atoms with Crippen LogP contribution >= 0.6 is 0 Å². The molecular formula is C24H28N4O4.